The van der Waals surface area contributed by atoms with Gasteiger partial charge in [-0.3, -0.25) is 4.84 Å². The molecule has 7 heteroatoms. The van der Waals surface area contributed by atoms with Crippen LogP contribution in [0.4, 0.5) is 4.79 Å². The first kappa shape index (κ1) is 10.1. The Balaban J connectivity index is 3.08. The Hall–Kier alpha value is -0.890. The number of hydrogen-bond donors (Lipinski definition) is 3. The van der Waals surface area contributed by atoms with Crippen LogP contribution in [0, 0.1) is 0 Å². The molecule has 0 aliphatic heterocycles. The normalized spacial score (nSPS) is 12.5. The van der Waals surface area contributed by atoms with Crippen LogP contribution in [0.5, 0.6) is 0 Å². The lowest BCUT2D eigenvalue weighted by Crippen LogP contribution is -2.24. The minimum absolute atomic E-state index is 0.191. The molecule has 0 aliphatic carbocycles. The summed E-state index contributed by atoms with van der Waals surface area (Å²) in [5, 5.41) is 8.58. The van der Waals surface area contributed by atoms with Crippen LogP contribution in [0.2, 0.25) is 0 Å². The van der Waals surface area contributed by atoms with Crippen molar-refractivity contribution in [1.82, 2.24) is 0 Å². The van der Waals surface area contributed by atoms with E-state index in [9.17, 15) is 4.79 Å². The molecule has 1 unspecified atom stereocenters. The molecule has 0 aromatic heterocycles. The zero-order chi connectivity index (χ0) is 8.69. The van der Waals surface area contributed by atoms with Crippen LogP contribution < -0.4 is 11.6 Å². The first-order chi connectivity index (χ1) is 5.16. The maximum atomic E-state index is 9.92. The molecule has 0 aliphatic rings. The number of carbonyl (C=O) groups is 1. The fourth-order valence-electron chi connectivity index (χ4n) is 0.288. The van der Waals surface area contributed by atoms with E-state index in [4.69, 9.17) is 5.11 Å². The van der Waals surface area contributed by atoms with Crippen molar-refractivity contribution in [2.75, 3.05) is 13.4 Å². The quantitative estimate of drug-likeness (QED) is 0.253. The zero-order valence-corrected chi connectivity index (χ0v) is 5.73. The van der Waals surface area contributed by atoms with Crippen LogP contribution in [0.25, 0.3) is 0 Å². The summed E-state index contributed by atoms with van der Waals surface area (Å²) < 4.78 is 8.66. The number of ether oxygens (including phenoxy) is 2. The molecule has 0 radical (unpaired) electrons. The van der Waals surface area contributed by atoms with Crippen molar-refractivity contribution >= 4 is 6.09 Å². The molecule has 0 heterocycles. The summed E-state index contributed by atoms with van der Waals surface area (Å²) in [5.41, 5.74) is 4.58. The number of carbonyl (C=O) groups excluding carboxylic acids is 1. The third kappa shape index (κ3) is 7.00. The molecule has 0 aromatic rings. The van der Waals surface area contributed by atoms with Crippen LogP contribution in [-0.2, 0) is 14.3 Å². The molecule has 66 valence electrons. The van der Waals surface area contributed by atoms with E-state index in [0.29, 0.717) is 0 Å². The predicted molar refractivity (Wildman–Crippen MR) is 32.8 cm³/mol. The number of rotatable bonds is 5. The molecule has 0 saturated carbocycles. The number of aliphatic hydroxyl groups is 1. The molecular formula is C4H10N2O5. The summed E-state index contributed by atoms with van der Waals surface area (Å²) in [4.78, 5) is 13.8. The van der Waals surface area contributed by atoms with E-state index in [1.165, 1.54) is 0 Å². The van der Waals surface area contributed by atoms with Gasteiger partial charge in [-0.15, -0.1) is 0 Å². The first-order valence-corrected chi connectivity index (χ1v) is 2.70. The third-order valence-electron chi connectivity index (χ3n) is 0.702. The highest BCUT2D eigenvalue weighted by Crippen LogP contribution is 1.84. The first-order valence-electron chi connectivity index (χ1n) is 2.70. The van der Waals surface area contributed by atoms with Gasteiger partial charge in [0.1, 0.15) is 6.61 Å². The Morgan fingerprint density at radius 3 is 2.73 bits per heavy atom. The minimum atomic E-state index is -1.23. The fourth-order valence-corrected chi connectivity index (χ4v) is 0.288. The van der Waals surface area contributed by atoms with E-state index in [1.807, 2.05) is 0 Å². The van der Waals surface area contributed by atoms with E-state index in [1.54, 1.807) is 0 Å². The standard InChI is InChI=1S/C4H10N2O5/c5-4(8)10-2-9-1-3(7)11-6/h3,7H,1-2,6H2,(H2,5,8). The average molecular weight is 166 g/mol. The number of amides is 1. The van der Waals surface area contributed by atoms with Crippen LogP contribution in [-0.4, -0.2) is 30.9 Å². The average Bonchev–Trinajstić information content (AvgIpc) is 1.97. The Morgan fingerprint density at radius 2 is 2.27 bits per heavy atom. The Labute approximate surface area is 62.8 Å². The van der Waals surface area contributed by atoms with E-state index in [-0.39, 0.29) is 13.4 Å². The summed E-state index contributed by atoms with van der Waals surface area (Å²) >= 11 is 0. The molecule has 0 aromatic carbocycles. The fraction of sp³-hybridized carbons (Fsp3) is 0.750. The van der Waals surface area contributed by atoms with Crippen molar-refractivity contribution in [3.05, 3.63) is 0 Å². The van der Waals surface area contributed by atoms with Gasteiger partial charge in [0, 0.05) is 0 Å². The van der Waals surface area contributed by atoms with Crippen LogP contribution in [0.1, 0.15) is 0 Å². The lowest BCUT2D eigenvalue weighted by Gasteiger charge is -2.07. The highest BCUT2D eigenvalue weighted by Gasteiger charge is 2.01. The molecule has 1 amide bonds. The summed E-state index contributed by atoms with van der Waals surface area (Å²) in [7, 11) is 0. The zero-order valence-electron chi connectivity index (χ0n) is 5.73. The highest BCUT2D eigenvalue weighted by molar-refractivity contribution is 5.64. The van der Waals surface area contributed by atoms with Gasteiger partial charge in [0.2, 0.25) is 0 Å². The SMILES string of the molecule is NOC(O)COCOC(N)=O. The molecule has 0 spiro atoms. The summed E-state index contributed by atoms with van der Waals surface area (Å²) in [5.74, 6) is 4.55. The molecule has 0 bridgehead atoms. The predicted octanol–water partition coefficient (Wildman–Crippen LogP) is -1.74. The largest absolute Gasteiger partial charge is 0.422 e. The van der Waals surface area contributed by atoms with Crippen LogP contribution >= 0.6 is 0 Å². The van der Waals surface area contributed by atoms with E-state index < -0.39 is 12.4 Å². The molecule has 0 rings (SSSR count). The number of nitrogens with two attached hydrogens (primary N) is 2. The van der Waals surface area contributed by atoms with Gasteiger partial charge in [0.05, 0.1) is 0 Å². The maximum absolute atomic E-state index is 9.92. The molecule has 0 fully saturated rings. The summed E-state index contributed by atoms with van der Waals surface area (Å²) in [6.07, 6.45) is -2.18. The lowest BCUT2D eigenvalue weighted by molar-refractivity contribution is -0.157. The molecule has 0 saturated heterocycles. The second-order valence-corrected chi connectivity index (χ2v) is 1.54. The van der Waals surface area contributed by atoms with Crippen molar-refractivity contribution in [3.63, 3.8) is 0 Å². The van der Waals surface area contributed by atoms with Gasteiger partial charge in [-0.2, -0.15) is 0 Å². The highest BCUT2D eigenvalue weighted by atomic mass is 16.7. The Bertz CT molecular complexity index is 119. The molecular weight excluding hydrogens is 156 g/mol. The van der Waals surface area contributed by atoms with Crippen LogP contribution in [0.15, 0.2) is 0 Å². The summed E-state index contributed by atoms with van der Waals surface area (Å²) in [6, 6.07) is 0. The van der Waals surface area contributed by atoms with Gasteiger partial charge >= 0.3 is 6.09 Å². The molecule has 7 nitrogen and oxygen atoms in total. The van der Waals surface area contributed by atoms with Crippen molar-refractivity contribution < 1.29 is 24.2 Å². The number of hydrogen-bond acceptors (Lipinski definition) is 6. The second kappa shape index (κ2) is 5.86. The minimum Gasteiger partial charge on any atom is -0.422 e. The third-order valence-corrected chi connectivity index (χ3v) is 0.702. The molecule has 5 N–H and O–H groups in total. The van der Waals surface area contributed by atoms with Crippen molar-refractivity contribution in [1.29, 1.82) is 0 Å². The van der Waals surface area contributed by atoms with Gasteiger partial charge in [0.25, 0.3) is 0 Å². The van der Waals surface area contributed by atoms with Gasteiger partial charge in [0.15, 0.2) is 13.1 Å². The number of aliphatic hydroxyl groups excluding tert-OH is 1. The van der Waals surface area contributed by atoms with Gasteiger partial charge in [-0.25, -0.2) is 10.7 Å². The summed E-state index contributed by atoms with van der Waals surface area (Å²) in [6.45, 7) is -0.528. The van der Waals surface area contributed by atoms with E-state index >= 15 is 0 Å². The van der Waals surface area contributed by atoms with Crippen molar-refractivity contribution in [2.45, 2.75) is 6.29 Å². The smallest absolute Gasteiger partial charge is 0.406 e. The Morgan fingerprint density at radius 1 is 1.64 bits per heavy atom. The topological polar surface area (TPSA) is 117 Å². The monoisotopic (exact) mass is 166 g/mol. The van der Waals surface area contributed by atoms with Crippen molar-refractivity contribution in [3.8, 4) is 0 Å². The van der Waals surface area contributed by atoms with Crippen LogP contribution in [0.3, 0.4) is 0 Å². The van der Waals surface area contributed by atoms with Crippen molar-refractivity contribution in [2.24, 2.45) is 11.6 Å². The lowest BCUT2D eigenvalue weighted by atomic mass is 10.7. The second-order valence-electron chi connectivity index (χ2n) is 1.54. The van der Waals surface area contributed by atoms with E-state index in [2.05, 4.69) is 25.9 Å². The van der Waals surface area contributed by atoms with Gasteiger partial charge in [-0.05, 0) is 0 Å². The molecule has 11 heavy (non-hydrogen) atoms. The van der Waals surface area contributed by atoms with E-state index in [0.717, 1.165) is 0 Å². The molecule has 1 atom stereocenters. The maximum Gasteiger partial charge on any atom is 0.406 e. The van der Waals surface area contributed by atoms with Gasteiger partial charge < -0.3 is 20.3 Å². The Kier molecular flexibility index (Phi) is 5.39. The van der Waals surface area contributed by atoms with Gasteiger partial charge in [-0.1, -0.05) is 0 Å². The number of primary amides is 1.